The fourth-order valence-electron chi connectivity index (χ4n) is 2.45. The molecule has 0 aromatic carbocycles. The van der Waals surface area contributed by atoms with Crippen LogP contribution in [0.15, 0.2) is 0 Å². The van der Waals surface area contributed by atoms with E-state index in [1.54, 1.807) is 0 Å². The molecule has 3 heteroatoms. The highest BCUT2D eigenvalue weighted by Gasteiger charge is 2.23. The van der Waals surface area contributed by atoms with E-state index in [1.165, 1.54) is 38.1 Å². The Hall–Kier alpha value is 0.137. The van der Waals surface area contributed by atoms with Crippen molar-refractivity contribution in [3.8, 4) is 0 Å². The molecule has 0 aromatic rings. The van der Waals surface area contributed by atoms with Crippen molar-refractivity contribution in [3.05, 3.63) is 0 Å². The second-order valence-electron chi connectivity index (χ2n) is 5.54. The molecule has 0 radical (unpaired) electrons. The molecule has 0 unspecified atom stereocenters. The Morgan fingerprint density at radius 3 is 1.88 bits per heavy atom. The normalized spacial score (nSPS) is 18.9. The van der Waals surface area contributed by atoms with Crippen molar-refractivity contribution in [1.29, 1.82) is 0 Å². The number of hydrogen-bond donors (Lipinski definition) is 0. The maximum absolute atomic E-state index is 5.98. The summed E-state index contributed by atoms with van der Waals surface area (Å²) in [7, 11) is -1.42. The highest BCUT2D eigenvalue weighted by Crippen LogP contribution is 2.28. The molecule has 0 saturated heterocycles. The smallest absolute Gasteiger partial charge is 0.322 e. The lowest BCUT2D eigenvalue weighted by molar-refractivity contribution is 0.124. The zero-order chi connectivity index (χ0) is 12.0. The van der Waals surface area contributed by atoms with Gasteiger partial charge in [-0.3, -0.25) is 0 Å². The zero-order valence-corrected chi connectivity index (χ0v) is 12.5. The molecule has 0 amide bonds. The molecule has 0 aliphatic heterocycles. The minimum atomic E-state index is -1.42. The third kappa shape index (κ3) is 6.02. The van der Waals surface area contributed by atoms with Gasteiger partial charge in [0.2, 0.25) is 0 Å². The molecule has 2 nitrogen and oxygen atoms in total. The molecule has 1 fully saturated rings. The molecule has 1 saturated carbocycles. The monoisotopic (exact) mass is 244 g/mol. The Morgan fingerprint density at radius 1 is 0.938 bits per heavy atom. The fraction of sp³-hybridized carbons (Fsp3) is 1.00. The lowest BCUT2D eigenvalue weighted by Gasteiger charge is -2.27. The maximum atomic E-state index is 5.98. The van der Waals surface area contributed by atoms with Gasteiger partial charge in [-0.15, -0.1) is 0 Å². The second kappa shape index (κ2) is 7.46. The Labute approximate surface area is 103 Å². The summed E-state index contributed by atoms with van der Waals surface area (Å²) in [6.45, 7) is 8.46. The molecule has 1 aliphatic carbocycles. The molecule has 0 heterocycles. The van der Waals surface area contributed by atoms with Crippen molar-refractivity contribution in [2.75, 3.05) is 0 Å². The Morgan fingerprint density at radius 2 is 1.44 bits per heavy atom. The van der Waals surface area contributed by atoms with Crippen LogP contribution in [0.4, 0.5) is 0 Å². The van der Waals surface area contributed by atoms with Crippen LogP contribution in [-0.2, 0) is 8.85 Å². The first kappa shape index (κ1) is 14.2. The van der Waals surface area contributed by atoms with Gasteiger partial charge in [0.05, 0.1) is 0 Å². The summed E-state index contributed by atoms with van der Waals surface area (Å²) >= 11 is 0. The van der Waals surface area contributed by atoms with Gasteiger partial charge in [-0.1, -0.05) is 32.1 Å². The van der Waals surface area contributed by atoms with E-state index in [0.717, 1.165) is 5.92 Å². The minimum Gasteiger partial charge on any atom is -0.394 e. The molecule has 1 aliphatic rings. The van der Waals surface area contributed by atoms with Crippen LogP contribution in [0.5, 0.6) is 0 Å². The average molecular weight is 244 g/mol. The third-order valence-electron chi connectivity index (χ3n) is 3.10. The number of hydrogen-bond acceptors (Lipinski definition) is 2. The van der Waals surface area contributed by atoms with Crippen LogP contribution in [0.1, 0.15) is 59.8 Å². The Kier molecular flexibility index (Phi) is 6.62. The zero-order valence-electron chi connectivity index (χ0n) is 11.4. The van der Waals surface area contributed by atoms with Gasteiger partial charge in [0.25, 0.3) is 0 Å². The standard InChI is InChI=1S/C13H28O2Si/c1-11(2)14-16(15-12(3)4)10-13-8-6-5-7-9-13/h11-13,16H,5-10H2,1-4H3. The van der Waals surface area contributed by atoms with Gasteiger partial charge in [-0.25, -0.2) is 0 Å². The van der Waals surface area contributed by atoms with Gasteiger partial charge in [0.1, 0.15) is 0 Å². The Bertz CT molecular complexity index is 167. The Balaban J connectivity index is 2.35. The first-order valence-electron chi connectivity index (χ1n) is 6.89. The lowest BCUT2D eigenvalue weighted by Crippen LogP contribution is -2.31. The molecule has 0 spiro atoms. The van der Waals surface area contributed by atoms with Crippen molar-refractivity contribution in [2.24, 2.45) is 5.92 Å². The van der Waals surface area contributed by atoms with Gasteiger partial charge in [-0.05, 0) is 39.7 Å². The van der Waals surface area contributed by atoms with E-state index in [-0.39, 0.29) is 0 Å². The first-order valence-corrected chi connectivity index (χ1v) is 8.64. The van der Waals surface area contributed by atoms with Gasteiger partial charge in [-0.2, -0.15) is 0 Å². The van der Waals surface area contributed by atoms with E-state index in [0.29, 0.717) is 12.2 Å². The molecule has 0 atom stereocenters. The molecule has 16 heavy (non-hydrogen) atoms. The predicted molar refractivity (Wildman–Crippen MR) is 71.0 cm³/mol. The molecule has 1 rings (SSSR count). The van der Waals surface area contributed by atoms with Crippen LogP contribution in [0.2, 0.25) is 6.04 Å². The van der Waals surface area contributed by atoms with E-state index in [2.05, 4.69) is 27.7 Å². The summed E-state index contributed by atoms with van der Waals surface area (Å²) in [4.78, 5) is 0. The number of rotatable bonds is 6. The van der Waals surface area contributed by atoms with Crippen LogP contribution in [0.25, 0.3) is 0 Å². The summed E-state index contributed by atoms with van der Waals surface area (Å²) in [5, 5.41) is 0. The van der Waals surface area contributed by atoms with E-state index in [9.17, 15) is 0 Å². The molecular formula is C13H28O2Si. The average Bonchev–Trinajstić information content (AvgIpc) is 2.16. The summed E-state index contributed by atoms with van der Waals surface area (Å²) in [5.41, 5.74) is 0. The molecule has 0 N–H and O–H groups in total. The van der Waals surface area contributed by atoms with E-state index >= 15 is 0 Å². The van der Waals surface area contributed by atoms with Gasteiger partial charge < -0.3 is 8.85 Å². The van der Waals surface area contributed by atoms with Crippen molar-refractivity contribution in [3.63, 3.8) is 0 Å². The van der Waals surface area contributed by atoms with Crippen molar-refractivity contribution >= 4 is 9.28 Å². The quantitative estimate of drug-likeness (QED) is 0.664. The SMILES string of the molecule is CC(C)O[SiH](CC1CCCCC1)OC(C)C. The molecule has 0 aromatic heterocycles. The van der Waals surface area contributed by atoms with E-state index < -0.39 is 9.28 Å². The molecular weight excluding hydrogens is 216 g/mol. The highest BCUT2D eigenvalue weighted by atomic mass is 28.3. The highest BCUT2D eigenvalue weighted by molar-refractivity contribution is 6.44. The maximum Gasteiger partial charge on any atom is 0.322 e. The second-order valence-corrected chi connectivity index (χ2v) is 7.41. The van der Waals surface area contributed by atoms with Gasteiger partial charge >= 0.3 is 9.28 Å². The van der Waals surface area contributed by atoms with Gasteiger partial charge in [0, 0.05) is 12.2 Å². The van der Waals surface area contributed by atoms with Crippen LogP contribution < -0.4 is 0 Å². The van der Waals surface area contributed by atoms with E-state index in [4.69, 9.17) is 8.85 Å². The van der Waals surface area contributed by atoms with Crippen LogP contribution in [0, 0.1) is 5.92 Å². The summed E-state index contributed by atoms with van der Waals surface area (Å²) < 4.78 is 12.0. The summed E-state index contributed by atoms with van der Waals surface area (Å²) in [6, 6.07) is 1.22. The molecule has 96 valence electrons. The first-order chi connectivity index (χ1) is 7.58. The van der Waals surface area contributed by atoms with Crippen LogP contribution >= 0.6 is 0 Å². The summed E-state index contributed by atoms with van der Waals surface area (Å²) in [5.74, 6) is 0.878. The topological polar surface area (TPSA) is 18.5 Å². The van der Waals surface area contributed by atoms with Crippen LogP contribution in [0.3, 0.4) is 0 Å². The largest absolute Gasteiger partial charge is 0.394 e. The third-order valence-corrected chi connectivity index (χ3v) is 5.85. The van der Waals surface area contributed by atoms with Crippen molar-refractivity contribution in [2.45, 2.75) is 78.1 Å². The predicted octanol–water partition coefficient (Wildman–Crippen LogP) is 3.64. The van der Waals surface area contributed by atoms with Crippen molar-refractivity contribution < 1.29 is 8.85 Å². The summed E-state index contributed by atoms with van der Waals surface area (Å²) in [6.07, 6.45) is 7.68. The van der Waals surface area contributed by atoms with E-state index in [1.807, 2.05) is 0 Å². The van der Waals surface area contributed by atoms with Crippen LogP contribution in [-0.4, -0.2) is 21.5 Å². The lowest BCUT2D eigenvalue weighted by atomic mass is 9.91. The molecule has 0 bridgehead atoms. The van der Waals surface area contributed by atoms with Gasteiger partial charge in [0.15, 0.2) is 0 Å². The fourth-order valence-corrected chi connectivity index (χ4v) is 4.96. The minimum absolute atomic E-state index is 0.319. The van der Waals surface area contributed by atoms with Crippen molar-refractivity contribution in [1.82, 2.24) is 0 Å².